The third kappa shape index (κ3) is 3.37. The monoisotopic (exact) mass is 352 g/mol. The summed E-state index contributed by atoms with van der Waals surface area (Å²) >= 11 is 0. The van der Waals surface area contributed by atoms with Crippen LogP contribution in [0.5, 0.6) is 0 Å². The average molecular weight is 353 g/mol. The SMILES string of the molecule is C=CC(C)c1ccccc1/C=C\CC(C)C1Cc2cccc3cccc1c23. The lowest BCUT2D eigenvalue weighted by molar-refractivity contribution is 0.473. The summed E-state index contributed by atoms with van der Waals surface area (Å²) in [4.78, 5) is 0. The van der Waals surface area contributed by atoms with Crippen LogP contribution in [0.4, 0.5) is 0 Å². The van der Waals surface area contributed by atoms with E-state index in [4.69, 9.17) is 0 Å². The molecule has 0 radical (unpaired) electrons. The summed E-state index contributed by atoms with van der Waals surface area (Å²) in [5.41, 5.74) is 5.74. The van der Waals surface area contributed by atoms with Crippen molar-refractivity contribution in [1.29, 1.82) is 0 Å². The summed E-state index contributed by atoms with van der Waals surface area (Å²) < 4.78 is 0. The van der Waals surface area contributed by atoms with Gasteiger partial charge in [-0.15, -0.1) is 6.58 Å². The molecular formula is C27H28. The van der Waals surface area contributed by atoms with E-state index in [9.17, 15) is 0 Å². The Balaban J connectivity index is 1.52. The highest BCUT2D eigenvalue weighted by Gasteiger charge is 2.27. The highest BCUT2D eigenvalue weighted by molar-refractivity contribution is 5.91. The van der Waals surface area contributed by atoms with Gasteiger partial charge in [0, 0.05) is 0 Å². The Morgan fingerprint density at radius 1 is 1.00 bits per heavy atom. The average Bonchev–Trinajstić information content (AvgIpc) is 3.09. The Hall–Kier alpha value is -2.60. The van der Waals surface area contributed by atoms with Crippen LogP contribution >= 0.6 is 0 Å². The van der Waals surface area contributed by atoms with Gasteiger partial charge < -0.3 is 0 Å². The third-order valence-electron chi connectivity index (χ3n) is 6.19. The summed E-state index contributed by atoms with van der Waals surface area (Å²) in [6.07, 6.45) is 8.96. The van der Waals surface area contributed by atoms with Gasteiger partial charge in [-0.25, -0.2) is 0 Å². The summed E-state index contributed by atoms with van der Waals surface area (Å²) in [7, 11) is 0. The lowest BCUT2D eigenvalue weighted by atomic mass is 9.85. The van der Waals surface area contributed by atoms with E-state index >= 15 is 0 Å². The van der Waals surface area contributed by atoms with Crippen LogP contribution in [0, 0.1) is 5.92 Å². The van der Waals surface area contributed by atoms with Gasteiger partial charge in [-0.1, -0.05) is 92.7 Å². The van der Waals surface area contributed by atoms with Crippen molar-refractivity contribution in [1.82, 2.24) is 0 Å². The molecule has 4 rings (SSSR count). The lowest BCUT2D eigenvalue weighted by Gasteiger charge is -2.19. The molecule has 3 aromatic rings. The van der Waals surface area contributed by atoms with Crippen molar-refractivity contribution in [3.05, 3.63) is 102 Å². The Morgan fingerprint density at radius 3 is 2.59 bits per heavy atom. The molecule has 0 heterocycles. The third-order valence-corrected chi connectivity index (χ3v) is 6.19. The van der Waals surface area contributed by atoms with Gasteiger partial charge in [-0.05, 0) is 63.6 Å². The van der Waals surface area contributed by atoms with E-state index < -0.39 is 0 Å². The maximum absolute atomic E-state index is 3.95. The number of benzene rings is 3. The normalized spacial score (nSPS) is 18.1. The molecule has 0 aliphatic heterocycles. The highest BCUT2D eigenvalue weighted by atomic mass is 14.3. The van der Waals surface area contributed by atoms with Crippen molar-refractivity contribution in [2.75, 3.05) is 0 Å². The van der Waals surface area contributed by atoms with E-state index in [1.165, 1.54) is 33.9 Å². The van der Waals surface area contributed by atoms with E-state index in [0.717, 1.165) is 6.42 Å². The van der Waals surface area contributed by atoms with Gasteiger partial charge >= 0.3 is 0 Å². The first-order valence-corrected chi connectivity index (χ1v) is 10.1. The minimum atomic E-state index is 0.380. The maximum atomic E-state index is 3.95. The second-order valence-corrected chi connectivity index (χ2v) is 7.94. The van der Waals surface area contributed by atoms with Crippen LogP contribution in [-0.2, 0) is 6.42 Å². The van der Waals surface area contributed by atoms with E-state index in [0.29, 0.717) is 17.8 Å². The minimum absolute atomic E-state index is 0.380. The second-order valence-electron chi connectivity index (χ2n) is 7.94. The quantitative estimate of drug-likeness (QED) is 0.403. The molecule has 0 bridgehead atoms. The molecule has 0 aromatic heterocycles. The molecule has 136 valence electrons. The molecule has 3 atom stereocenters. The van der Waals surface area contributed by atoms with Crippen LogP contribution < -0.4 is 0 Å². The highest BCUT2D eigenvalue weighted by Crippen LogP contribution is 2.43. The van der Waals surface area contributed by atoms with Crippen molar-refractivity contribution in [3.63, 3.8) is 0 Å². The molecule has 3 aromatic carbocycles. The summed E-state index contributed by atoms with van der Waals surface area (Å²) in [5, 5.41) is 2.90. The number of allylic oxidation sites excluding steroid dienone is 2. The van der Waals surface area contributed by atoms with Crippen LogP contribution in [-0.4, -0.2) is 0 Å². The zero-order valence-corrected chi connectivity index (χ0v) is 16.4. The van der Waals surface area contributed by atoms with Crippen molar-refractivity contribution < 1.29 is 0 Å². The van der Waals surface area contributed by atoms with Gasteiger partial charge in [0.1, 0.15) is 0 Å². The van der Waals surface area contributed by atoms with Crippen molar-refractivity contribution in [2.24, 2.45) is 5.92 Å². The van der Waals surface area contributed by atoms with Gasteiger partial charge in [0.05, 0.1) is 0 Å². The number of hydrogen-bond acceptors (Lipinski definition) is 0. The standard InChI is InChI=1S/C27H28/c1-4-19(2)24-16-6-5-11-21(24)12-7-10-20(3)26-18-23-15-8-13-22-14-9-17-25(26)27(22)23/h4-9,11-17,19-20,26H,1,10,18H2,2-3H3/b12-7-. The Bertz CT molecular complexity index is 987. The Kier molecular flexibility index (Phi) is 4.99. The predicted octanol–water partition coefficient (Wildman–Crippen LogP) is 7.51. The summed E-state index contributed by atoms with van der Waals surface area (Å²) in [6, 6.07) is 22.2. The molecule has 1 aliphatic carbocycles. The van der Waals surface area contributed by atoms with Crippen LogP contribution in [0.15, 0.2) is 79.4 Å². The van der Waals surface area contributed by atoms with Crippen molar-refractivity contribution in [3.8, 4) is 0 Å². The zero-order valence-electron chi connectivity index (χ0n) is 16.4. The van der Waals surface area contributed by atoms with Crippen LogP contribution in [0.1, 0.15) is 54.4 Å². The van der Waals surface area contributed by atoms with E-state index in [-0.39, 0.29) is 0 Å². The molecule has 0 spiro atoms. The fourth-order valence-corrected chi connectivity index (χ4v) is 4.56. The largest absolute Gasteiger partial charge is 0.102 e. The Labute approximate surface area is 163 Å². The van der Waals surface area contributed by atoms with Gasteiger partial charge in [0.2, 0.25) is 0 Å². The minimum Gasteiger partial charge on any atom is -0.102 e. The molecule has 3 unspecified atom stereocenters. The first-order valence-electron chi connectivity index (χ1n) is 10.1. The molecule has 0 amide bonds. The summed E-state index contributed by atoms with van der Waals surface area (Å²) in [6.45, 7) is 8.56. The molecule has 0 nitrogen and oxygen atoms in total. The maximum Gasteiger partial charge on any atom is -0.000719 e. The molecule has 1 aliphatic rings. The molecule has 27 heavy (non-hydrogen) atoms. The predicted molar refractivity (Wildman–Crippen MR) is 118 cm³/mol. The van der Waals surface area contributed by atoms with Gasteiger partial charge in [-0.3, -0.25) is 0 Å². The molecule has 0 fully saturated rings. The van der Waals surface area contributed by atoms with E-state index in [1.54, 1.807) is 5.56 Å². The zero-order chi connectivity index (χ0) is 18.8. The molecular weight excluding hydrogens is 324 g/mol. The van der Waals surface area contributed by atoms with Crippen molar-refractivity contribution >= 4 is 16.8 Å². The lowest BCUT2D eigenvalue weighted by Crippen LogP contribution is -2.08. The Morgan fingerprint density at radius 2 is 1.78 bits per heavy atom. The fraction of sp³-hybridized carbons (Fsp3) is 0.259. The fourth-order valence-electron chi connectivity index (χ4n) is 4.56. The summed E-state index contributed by atoms with van der Waals surface area (Å²) in [5.74, 6) is 1.63. The molecule has 0 saturated heterocycles. The molecule has 0 N–H and O–H groups in total. The first-order chi connectivity index (χ1) is 13.2. The van der Waals surface area contributed by atoms with Gasteiger partial charge in [0.25, 0.3) is 0 Å². The number of rotatable bonds is 6. The van der Waals surface area contributed by atoms with Crippen LogP contribution in [0.25, 0.3) is 16.8 Å². The smallest absolute Gasteiger partial charge is 0.000719 e. The van der Waals surface area contributed by atoms with Crippen LogP contribution in [0.2, 0.25) is 0 Å². The van der Waals surface area contributed by atoms with Gasteiger partial charge in [0.15, 0.2) is 0 Å². The van der Waals surface area contributed by atoms with E-state index in [1.807, 2.05) is 6.08 Å². The van der Waals surface area contributed by atoms with Gasteiger partial charge in [-0.2, -0.15) is 0 Å². The molecule has 0 saturated carbocycles. The second kappa shape index (κ2) is 7.56. The van der Waals surface area contributed by atoms with E-state index in [2.05, 4.69) is 93.2 Å². The van der Waals surface area contributed by atoms with Crippen molar-refractivity contribution in [2.45, 2.75) is 38.5 Å². The van der Waals surface area contributed by atoms with Crippen LogP contribution in [0.3, 0.4) is 0 Å². The number of hydrogen-bond donors (Lipinski definition) is 0. The first kappa shape index (κ1) is 17.8. The molecule has 0 heteroatoms. The topological polar surface area (TPSA) is 0 Å².